The molecule has 0 saturated heterocycles. The Labute approximate surface area is 172 Å². The summed E-state index contributed by atoms with van der Waals surface area (Å²) in [6.07, 6.45) is -0.000247. The lowest BCUT2D eigenvalue weighted by molar-refractivity contribution is -0.115. The third kappa shape index (κ3) is 6.41. The molecule has 5 nitrogen and oxygen atoms in total. The summed E-state index contributed by atoms with van der Waals surface area (Å²) in [6, 6.07) is 22.1. The van der Waals surface area contributed by atoms with E-state index in [1.807, 2.05) is 30.3 Å². The molecule has 0 aliphatic carbocycles. The normalized spacial score (nSPS) is 10.5. The van der Waals surface area contributed by atoms with Crippen molar-refractivity contribution in [3.8, 4) is 5.75 Å². The summed E-state index contributed by atoms with van der Waals surface area (Å²) in [6.45, 7) is -2.50. The number of rotatable bonds is 8. The van der Waals surface area contributed by atoms with E-state index >= 15 is 0 Å². The maximum absolute atomic E-state index is 12.3. The van der Waals surface area contributed by atoms with Gasteiger partial charge in [-0.2, -0.15) is 8.78 Å². The second-order valence-electron chi connectivity index (χ2n) is 6.50. The number of carbonyl (C=O) groups excluding carboxylic acids is 2. The van der Waals surface area contributed by atoms with Gasteiger partial charge in [0.2, 0.25) is 5.91 Å². The molecule has 30 heavy (non-hydrogen) atoms. The number of amides is 2. The van der Waals surface area contributed by atoms with Gasteiger partial charge in [0.05, 0.1) is 6.42 Å². The second kappa shape index (κ2) is 10.2. The van der Waals surface area contributed by atoms with Crippen LogP contribution in [0.4, 0.5) is 14.5 Å². The molecule has 3 rings (SSSR count). The van der Waals surface area contributed by atoms with Gasteiger partial charge in [-0.3, -0.25) is 9.59 Å². The Morgan fingerprint density at radius 1 is 0.867 bits per heavy atom. The maximum Gasteiger partial charge on any atom is 0.387 e. The highest BCUT2D eigenvalue weighted by atomic mass is 19.3. The summed E-state index contributed by atoms with van der Waals surface area (Å²) in [7, 11) is 0. The zero-order valence-electron chi connectivity index (χ0n) is 16.0. The predicted molar refractivity (Wildman–Crippen MR) is 109 cm³/mol. The van der Waals surface area contributed by atoms with Crippen molar-refractivity contribution in [1.29, 1.82) is 0 Å². The number of nitrogens with one attached hydrogen (secondary N) is 2. The molecule has 0 atom stereocenters. The average Bonchev–Trinajstić information content (AvgIpc) is 2.73. The smallest absolute Gasteiger partial charge is 0.387 e. The lowest BCUT2D eigenvalue weighted by Crippen LogP contribution is -2.22. The molecule has 0 aliphatic rings. The fourth-order valence-electron chi connectivity index (χ4n) is 2.81. The van der Waals surface area contributed by atoms with Gasteiger partial charge >= 0.3 is 6.61 Å². The van der Waals surface area contributed by atoms with Crippen molar-refractivity contribution in [2.24, 2.45) is 0 Å². The van der Waals surface area contributed by atoms with Crippen LogP contribution in [0.1, 0.15) is 21.5 Å². The van der Waals surface area contributed by atoms with Crippen LogP contribution in [0.25, 0.3) is 0 Å². The number of benzene rings is 3. The van der Waals surface area contributed by atoms with Gasteiger partial charge in [-0.25, -0.2) is 0 Å². The van der Waals surface area contributed by atoms with Crippen molar-refractivity contribution >= 4 is 17.5 Å². The molecule has 0 fully saturated rings. The summed E-state index contributed by atoms with van der Waals surface area (Å²) in [5, 5.41) is 5.55. The Bertz CT molecular complexity index is 993. The molecule has 3 aromatic rings. The third-order valence-electron chi connectivity index (χ3n) is 4.22. The fourth-order valence-corrected chi connectivity index (χ4v) is 2.81. The second-order valence-corrected chi connectivity index (χ2v) is 6.50. The molecule has 0 unspecified atom stereocenters. The summed E-state index contributed by atoms with van der Waals surface area (Å²) in [4.78, 5) is 24.5. The Kier molecular flexibility index (Phi) is 7.10. The number of anilines is 1. The van der Waals surface area contributed by atoms with Crippen LogP contribution in [0.3, 0.4) is 0 Å². The van der Waals surface area contributed by atoms with Gasteiger partial charge in [-0.05, 0) is 47.5 Å². The van der Waals surface area contributed by atoms with Crippen LogP contribution in [0, 0.1) is 0 Å². The van der Waals surface area contributed by atoms with Gasteiger partial charge in [-0.1, -0.05) is 42.5 Å². The molecule has 0 saturated carbocycles. The first kappa shape index (κ1) is 21.0. The lowest BCUT2D eigenvalue weighted by Gasteiger charge is -2.09. The Hall–Kier alpha value is -3.74. The number of alkyl halides is 2. The molecular formula is C23H20F2N2O3. The van der Waals surface area contributed by atoms with E-state index in [0.717, 1.165) is 5.56 Å². The van der Waals surface area contributed by atoms with E-state index in [-0.39, 0.29) is 24.0 Å². The lowest BCUT2D eigenvalue weighted by atomic mass is 10.1. The van der Waals surface area contributed by atoms with Crippen LogP contribution in [-0.4, -0.2) is 18.4 Å². The maximum atomic E-state index is 12.3. The Morgan fingerprint density at radius 2 is 1.57 bits per heavy atom. The van der Waals surface area contributed by atoms with Gasteiger partial charge in [-0.15, -0.1) is 0 Å². The minimum absolute atomic E-state index is 0.000247. The van der Waals surface area contributed by atoms with Crippen LogP contribution in [-0.2, 0) is 17.8 Å². The highest BCUT2D eigenvalue weighted by molar-refractivity contribution is 5.96. The molecule has 0 bridgehead atoms. The molecule has 0 aliphatic heterocycles. The van der Waals surface area contributed by atoms with Crippen LogP contribution >= 0.6 is 0 Å². The van der Waals surface area contributed by atoms with Crippen molar-refractivity contribution in [3.05, 3.63) is 95.6 Å². The van der Waals surface area contributed by atoms with E-state index in [0.29, 0.717) is 23.4 Å². The summed E-state index contributed by atoms with van der Waals surface area (Å²) < 4.78 is 28.9. The monoisotopic (exact) mass is 410 g/mol. The molecule has 154 valence electrons. The SMILES string of the molecule is O=C(Cc1cccc(OC(F)F)c1)Nc1ccc(C(=O)NCc2ccccc2)cc1. The van der Waals surface area contributed by atoms with E-state index in [1.54, 1.807) is 36.4 Å². The predicted octanol–water partition coefficient (Wildman–Crippen LogP) is 4.40. The fraction of sp³-hybridized carbons (Fsp3) is 0.130. The van der Waals surface area contributed by atoms with E-state index in [2.05, 4.69) is 15.4 Å². The van der Waals surface area contributed by atoms with Crippen LogP contribution in [0.15, 0.2) is 78.9 Å². The van der Waals surface area contributed by atoms with E-state index in [4.69, 9.17) is 0 Å². The Morgan fingerprint density at radius 3 is 2.27 bits per heavy atom. The van der Waals surface area contributed by atoms with Gasteiger partial charge in [0.15, 0.2) is 0 Å². The quantitative estimate of drug-likeness (QED) is 0.579. The van der Waals surface area contributed by atoms with Gasteiger partial charge in [0, 0.05) is 17.8 Å². The average molecular weight is 410 g/mol. The number of hydrogen-bond donors (Lipinski definition) is 2. The van der Waals surface area contributed by atoms with Crippen molar-refractivity contribution in [3.63, 3.8) is 0 Å². The number of hydrogen-bond acceptors (Lipinski definition) is 3. The number of halogens is 2. The Balaban J connectivity index is 1.52. The van der Waals surface area contributed by atoms with Crippen LogP contribution in [0.5, 0.6) is 5.75 Å². The van der Waals surface area contributed by atoms with Crippen LogP contribution in [0.2, 0.25) is 0 Å². The first-order valence-electron chi connectivity index (χ1n) is 9.25. The zero-order chi connectivity index (χ0) is 21.3. The standard InChI is InChI=1S/C23H20F2N2O3/c24-23(25)30-20-8-4-7-17(13-20)14-21(28)27-19-11-9-18(10-12-19)22(29)26-15-16-5-2-1-3-6-16/h1-13,23H,14-15H2,(H,26,29)(H,27,28). The van der Waals surface area contributed by atoms with Gasteiger partial charge in [0.1, 0.15) is 5.75 Å². The van der Waals surface area contributed by atoms with Crippen LogP contribution < -0.4 is 15.4 Å². The number of ether oxygens (including phenoxy) is 1. The minimum Gasteiger partial charge on any atom is -0.435 e. The summed E-state index contributed by atoms with van der Waals surface area (Å²) in [5.74, 6) is -0.529. The molecule has 0 spiro atoms. The highest BCUT2D eigenvalue weighted by Crippen LogP contribution is 2.17. The third-order valence-corrected chi connectivity index (χ3v) is 4.22. The number of carbonyl (C=O) groups is 2. The summed E-state index contributed by atoms with van der Waals surface area (Å²) in [5.41, 5.74) is 2.54. The first-order valence-corrected chi connectivity index (χ1v) is 9.25. The van der Waals surface area contributed by atoms with Crippen molar-refractivity contribution in [2.45, 2.75) is 19.6 Å². The first-order chi connectivity index (χ1) is 14.5. The molecule has 2 N–H and O–H groups in total. The minimum atomic E-state index is -2.92. The van der Waals surface area contributed by atoms with Crippen molar-refractivity contribution < 1.29 is 23.1 Å². The highest BCUT2D eigenvalue weighted by Gasteiger charge is 2.09. The van der Waals surface area contributed by atoms with E-state index in [9.17, 15) is 18.4 Å². The molecule has 7 heteroatoms. The van der Waals surface area contributed by atoms with E-state index in [1.165, 1.54) is 12.1 Å². The van der Waals surface area contributed by atoms with E-state index < -0.39 is 6.61 Å². The van der Waals surface area contributed by atoms with Gasteiger partial charge < -0.3 is 15.4 Å². The van der Waals surface area contributed by atoms with Crippen molar-refractivity contribution in [2.75, 3.05) is 5.32 Å². The molecule has 0 heterocycles. The topological polar surface area (TPSA) is 67.4 Å². The largest absolute Gasteiger partial charge is 0.435 e. The molecular weight excluding hydrogens is 390 g/mol. The zero-order valence-corrected chi connectivity index (χ0v) is 16.0. The molecule has 3 aromatic carbocycles. The molecule has 0 radical (unpaired) electrons. The van der Waals surface area contributed by atoms with Crippen molar-refractivity contribution in [1.82, 2.24) is 5.32 Å². The summed E-state index contributed by atoms with van der Waals surface area (Å²) >= 11 is 0. The molecule has 2 amide bonds. The van der Waals surface area contributed by atoms with Gasteiger partial charge in [0.25, 0.3) is 5.91 Å². The molecule has 0 aromatic heterocycles.